The Morgan fingerprint density at radius 1 is 1.42 bits per heavy atom. The summed E-state index contributed by atoms with van der Waals surface area (Å²) >= 11 is 0. The number of fused-ring (bicyclic) bond motifs is 1. The average Bonchev–Trinajstić information content (AvgIpc) is 3.03. The van der Waals surface area contributed by atoms with Gasteiger partial charge >= 0.3 is 0 Å². The van der Waals surface area contributed by atoms with Crippen LogP contribution in [-0.4, -0.2) is 23.7 Å². The molecule has 0 aliphatic carbocycles. The molecule has 3 atom stereocenters. The SMILES string of the molecule is CC[C@H](Cc1c[nH]c2ccccc12)C1OCCC1N. The summed E-state index contributed by atoms with van der Waals surface area (Å²) in [5.41, 5.74) is 8.76. The molecule has 1 saturated heterocycles. The normalized spacial score (nSPS) is 24.9. The highest BCUT2D eigenvalue weighted by Crippen LogP contribution is 2.28. The van der Waals surface area contributed by atoms with E-state index in [1.807, 2.05) is 0 Å². The molecule has 1 fully saturated rings. The van der Waals surface area contributed by atoms with Crippen molar-refractivity contribution in [2.45, 2.75) is 38.3 Å². The summed E-state index contributed by atoms with van der Waals surface area (Å²) < 4.78 is 5.84. The summed E-state index contributed by atoms with van der Waals surface area (Å²) in [7, 11) is 0. The molecule has 3 N–H and O–H groups in total. The molecule has 0 radical (unpaired) electrons. The number of benzene rings is 1. The van der Waals surface area contributed by atoms with Gasteiger partial charge in [-0.3, -0.25) is 0 Å². The highest BCUT2D eigenvalue weighted by atomic mass is 16.5. The third kappa shape index (κ3) is 2.40. The van der Waals surface area contributed by atoms with Crippen LogP contribution in [0.3, 0.4) is 0 Å². The number of H-pyrrole nitrogens is 1. The van der Waals surface area contributed by atoms with E-state index in [0.29, 0.717) is 5.92 Å². The molecule has 0 saturated carbocycles. The molecule has 1 aliphatic heterocycles. The second kappa shape index (κ2) is 5.35. The van der Waals surface area contributed by atoms with Crippen LogP contribution in [0.15, 0.2) is 30.5 Å². The molecule has 0 spiro atoms. The monoisotopic (exact) mass is 258 g/mol. The van der Waals surface area contributed by atoms with Gasteiger partial charge in [-0.15, -0.1) is 0 Å². The Labute approximate surface area is 114 Å². The number of ether oxygens (including phenoxy) is 1. The van der Waals surface area contributed by atoms with E-state index in [2.05, 4.69) is 42.4 Å². The number of rotatable bonds is 4. The minimum Gasteiger partial charge on any atom is -0.376 e. The van der Waals surface area contributed by atoms with Crippen LogP contribution in [0.5, 0.6) is 0 Å². The molecule has 1 aromatic heterocycles. The lowest BCUT2D eigenvalue weighted by molar-refractivity contribution is 0.0544. The largest absolute Gasteiger partial charge is 0.376 e. The second-order valence-corrected chi connectivity index (χ2v) is 5.52. The predicted octanol–water partition coefficient (Wildman–Crippen LogP) is 2.85. The van der Waals surface area contributed by atoms with Crippen LogP contribution in [0, 0.1) is 5.92 Å². The molecule has 3 rings (SSSR count). The smallest absolute Gasteiger partial charge is 0.0757 e. The molecular weight excluding hydrogens is 236 g/mol. The number of para-hydroxylation sites is 1. The van der Waals surface area contributed by atoms with Crippen LogP contribution in [0.4, 0.5) is 0 Å². The standard InChI is InChI=1S/C16H22N2O/c1-2-11(16-14(17)7-8-19-16)9-12-10-18-15-6-4-3-5-13(12)15/h3-6,10-11,14,16,18H,2,7-9,17H2,1H3/t11-,14?,16?/m1/s1. The average molecular weight is 258 g/mol. The second-order valence-electron chi connectivity index (χ2n) is 5.52. The number of nitrogens with two attached hydrogens (primary N) is 1. The van der Waals surface area contributed by atoms with Gasteiger partial charge in [0.05, 0.1) is 6.10 Å². The van der Waals surface area contributed by atoms with Crippen LogP contribution < -0.4 is 5.73 Å². The Balaban J connectivity index is 1.82. The van der Waals surface area contributed by atoms with Gasteiger partial charge in [0.25, 0.3) is 0 Å². The summed E-state index contributed by atoms with van der Waals surface area (Å²) in [5.74, 6) is 0.511. The molecule has 2 unspecified atom stereocenters. The van der Waals surface area contributed by atoms with Gasteiger partial charge in [0.2, 0.25) is 0 Å². The van der Waals surface area contributed by atoms with Gasteiger partial charge in [-0.1, -0.05) is 31.5 Å². The molecule has 3 nitrogen and oxygen atoms in total. The summed E-state index contributed by atoms with van der Waals surface area (Å²) in [4.78, 5) is 3.35. The molecule has 0 amide bonds. The molecule has 1 aliphatic rings. The first-order valence-electron chi connectivity index (χ1n) is 7.21. The fraction of sp³-hybridized carbons (Fsp3) is 0.500. The van der Waals surface area contributed by atoms with Crippen molar-refractivity contribution in [3.05, 3.63) is 36.0 Å². The third-order valence-electron chi connectivity index (χ3n) is 4.33. The molecule has 2 aromatic rings. The molecular formula is C16H22N2O. The van der Waals surface area contributed by atoms with Crippen molar-refractivity contribution in [1.82, 2.24) is 4.98 Å². The first kappa shape index (κ1) is 12.7. The van der Waals surface area contributed by atoms with E-state index < -0.39 is 0 Å². The fourth-order valence-corrected chi connectivity index (χ4v) is 3.19. The fourth-order valence-electron chi connectivity index (χ4n) is 3.19. The maximum absolute atomic E-state index is 6.16. The van der Waals surface area contributed by atoms with Crippen molar-refractivity contribution in [3.8, 4) is 0 Å². The maximum atomic E-state index is 6.16. The molecule has 19 heavy (non-hydrogen) atoms. The minimum atomic E-state index is 0.204. The van der Waals surface area contributed by atoms with Crippen molar-refractivity contribution in [1.29, 1.82) is 0 Å². The summed E-state index contributed by atoms with van der Waals surface area (Å²) in [6, 6.07) is 8.67. The lowest BCUT2D eigenvalue weighted by Crippen LogP contribution is -2.37. The van der Waals surface area contributed by atoms with Crippen molar-refractivity contribution in [2.24, 2.45) is 11.7 Å². The van der Waals surface area contributed by atoms with E-state index in [4.69, 9.17) is 10.5 Å². The number of hydrogen-bond donors (Lipinski definition) is 2. The zero-order valence-corrected chi connectivity index (χ0v) is 11.4. The lowest BCUT2D eigenvalue weighted by atomic mass is 9.88. The summed E-state index contributed by atoms with van der Waals surface area (Å²) in [6.07, 6.45) is 5.50. The number of aromatic amines is 1. The van der Waals surface area contributed by atoms with Crippen molar-refractivity contribution >= 4 is 10.9 Å². The van der Waals surface area contributed by atoms with E-state index in [0.717, 1.165) is 25.9 Å². The Kier molecular flexibility index (Phi) is 3.58. The van der Waals surface area contributed by atoms with Crippen molar-refractivity contribution < 1.29 is 4.74 Å². The minimum absolute atomic E-state index is 0.204. The Morgan fingerprint density at radius 3 is 3.00 bits per heavy atom. The van der Waals surface area contributed by atoms with Gasteiger partial charge in [-0.05, 0) is 30.4 Å². The summed E-state index contributed by atoms with van der Waals surface area (Å²) in [5, 5.41) is 1.33. The van der Waals surface area contributed by atoms with E-state index in [1.54, 1.807) is 0 Å². The van der Waals surface area contributed by atoms with Crippen LogP contribution in [0.2, 0.25) is 0 Å². The lowest BCUT2D eigenvalue weighted by Gasteiger charge is -2.24. The molecule has 2 heterocycles. The maximum Gasteiger partial charge on any atom is 0.0757 e. The van der Waals surface area contributed by atoms with E-state index >= 15 is 0 Å². The molecule has 1 aromatic carbocycles. The number of aromatic nitrogens is 1. The van der Waals surface area contributed by atoms with E-state index in [1.165, 1.54) is 16.5 Å². The predicted molar refractivity (Wildman–Crippen MR) is 78.1 cm³/mol. The highest BCUT2D eigenvalue weighted by molar-refractivity contribution is 5.83. The number of hydrogen-bond acceptors (Lipinski definition) is 2. The van der Waals surface area contributed by atoms with Crippen LogP contribution in [0.25, 0.3) is 10.9 Å². The Bertz CT molecular complexity index is 548. The zero-order valence-electron chi connectivity index (χ0n) is 11.4. The van der Waals surface area contributed by atoms with Crippen LogP contribution in [-0.2, 0) is 11.2 Å². The Hall–Kier alpha value is -1.32. The van der Waals surface area contributed by atoms with E-state index in [9.17, 15) is 0 Å². The topological polar surface area (TPSA) is 51.0 Å². The molecule has 0 bridgehead atoms. The third-order valence-corrected chi connectivity index (χ3v) is 4.33. The first-order chi connectivity index (χ1) is 9.29. The zero-order chi connectivity index (χ0) is 13.2. The van der Waals surface area contributed by atoms with Gasteiger partial charge in [-0.2, -0.15) is 0 Å². The quantitative estimate of drug-likeness (QED) is 0.886. The molecule has 3 heteroatoms. The number of nitrogens with one attached hydrogen (secondary N) is 1. The first-order valence-corrected chi connectivity index (χ1v) is 7.21. The van der Waals surface area contributed by atoms with Crippen LogP contribution in [0.1, 0.15) is 25.3 Å². The van der Waals surface area contributed by atoms with Crippen molar-refractivity contribution in [3.63, 3.8) is 0 Å². The van der Waals surface area contributed by atoms with Gasteiger partial charge in [0, 0.05) is 29.7 Å². The van der Waals surface area contributed by atoms with Gasteiger partial charge in [0.1, 0.15) is 0 Å². The van der Waals surface area contributed by atoms with Gasteiger partial charge < -0.3 is 15.5 Å². The van der Waals surface area contributed by atoms with Crippen LogP contribution >= 0.6 is 0 Å². The highest BCUT2D eigenvalue weighted by Gasteiger charge is 2.31. The van der Waals surface area contributed by atoms with E-state index in [-0.39, 0.29) is 12.1 Å². The van der Waals surface area contributed by atoms with Gasteiger partial charge in [-0.25, -0.2) is 0 Å². The van der Waals surface area contributed by atoms with Gasteiger partial charge in [0.15, 0.2) is 0 Å². The molecule has 102 valence electrons. The Morgan fingerprint density at radius 2 is 2.26 bits per heavy atom. The van der Waals surface area contributed by atoms with Crippen molar-refractivity contribution in [2.75, 3.05) is 6.61 Å². The summed E-state index contributed by atoms with van der Waals surface area (Å²) in [6.45, 7) is 3.05.